The van der Waals surface area contributed by atoms with Gasteiger partial charge in [-0.15, -0.1) is 0 Å². The molecule has 2 N–H and O–H groups in total. The summed E-state index contributed by atoms with van der Waals surface area (Å²) < 4.78 is 7.49. The summed E-state index contributed by atoms with van der Waals surface area (Å²) in [5, 5.41) is 17.4. The number of hydrogen-bond acceptors (Lipinski definition) is 7. The molecule has 5 rings (SSSR count). The van der Waals surface area contributed by atoms with Crippen LogP contribution in [0.3, 0.4) is 0 Å². The second-order valence-electron chi connectivity index (χ2n) is 9.11. The summed E-state index contributed by atoms with van der Waals surface area (Å²) in [4.78, 5) is 34.4. The van der Waals surface area contributed by atoms with Gasteiger partial charge in [-0.05, 0) is 79.8 Å². The molecule has 4 heterocycles. The molecule has 1 aliphatic rings. The average molecular weight is 529 g/mol. The van der Waals surface area contributed by atoms with Crippen molar-refractivity contribution < 1.29 is 19.4 Å². The fourth-order valence-corrected chi connectivity index (χ4v) is 5.79. The third-order valence-corrected chi connectivity index (χ3v) is 7.48. The summed E-state index contributed by atoms with van der Waals surface area (Å²) in [5.41, 5.74) is 6.19. The average Bonchev–Trinajstić information content (AvgIpc) is 3.54. The molecule has 3 aromatic heterocycles. The van der Waals surface area contributed by atoms with Crippen LogP contribution in [0.4, 0.5) is 0 Å². The summed E-state index contributed by atoms with van der Waals surface area (Å²) in [7, 11) is 0. The highest BCUT2D eigenvalue weighted by Gasteiger charge is 2.37. The molecule has 38 heavy (non-hydrogen) atoms. The molecule has 1 aromatic carbocycles. The SMILES string of the molecule is CCOC(=O)C1=C(c2ccc(-n3c(C)nc4cnccc43)cc2)NC(C)=C(C(=O)O)C1CCc1ccsc1. The van der Waals surface area contributed by atoms with E-state index in [-0.39, 0.29) is 12.2 Å². The van der Waals surface area contributed by atoms with Gasteiger partial charge in [-0.1, -0.05) is 12.1 Å². The lowest BCUT2D eigenvalue weighted by atomic mass is 9.80. The highest BCUT2D eigenvalue weighted by atomic mass is 32.1. The monoisotopic (exact) mass is 528 g/mol. The Hall–Kier alpha value is -4.24. The molecule has 0 aliphatic carbocycles. The van der Waals surface area contributed by atoms with Gasteiger partial charge in [0.25, 0.3) is 0 Å². The summed E-state index contributed by atoms with van der Waals surface area (Å²) >= 11 is 1.59. The summed E-state index contributed by atoms with van der Waals surface area (Å²) in [6.07, 6.45) is 4.60. The number of carbonyl (C=O) groups excluding carboxylic acids is 1. The van der Waals surface area contributed by atoms with Gasteiger partial charge < -0.3 is 15.2 Å². The number of rotatable bonds is 8. The van der Waals surface area contributed by atoms with Crippen LogP contribution in [0.25, 0.3) is 22.4 Å². The number of carboxylic acids is 1. The zero-order chi connectivity index (χ0) is 26.8. The van der Waals surface area contributed by atoms with Crippen molar-refractivity contribution in [2.45, 2.75) is 33.6 Å². The standard InChI is InChI=1S/C29H28N4O4S/c1-4-37-29(36)26-22(10-5-19-12-14-38-16-19)25(28(34)35)17(2)31-27(26)20-6-8-21(9-7-20)33-18(3)32-23-15-30-13-11-24(23)33/h6-9,11-16,22,31H,4-5,10H2,1-3H3,(H,34,35). The van der Waals surface area contributed by atoms with Crippen molar-refractivity contribution in [3.63, 3.8) is 0 Å². The smallest absolute Gasteiger partial charge is 0.336 e. The molecule has 0 bridgehead atoms. The summed E-state index contributed by atoms with van der Waals surface area (Å²) in [6.45, 7) is 5.62. The first-order valence-corrected chi connectivity index (χ1v) is 13.4. The largest absolute Gasteiger partial charge is 0.478 e. The van der Waals surface area contributed by atoms with Gasteiger partial charge in [-0.25, -0.2) is 14.6 Å². The molecule has 0 saturated carbocycles. The number of hydrogen-bond donors (Lipinski definition) is 2. The van der Waals surface area contributed by atoms with E-state index in [4.69, 9.17) is 4.74 Å². The molecule has 0 amide bonds. The van der Waals surface area contributed by atoms with Gasteiger partial charge in [0.15, 0.2) is 0 Å². The number of fused-ring (bicyclic) bond motifs is 1. The highest BCUT2D eigenvalue weighted by Crippen LogP contribution is 2.38. The van der Waals surface area contributed by atoms with Crippen LogP contribution in [-0.2, 0) is 20.7 Å². The number of nitrogens with zero attached hydrogens (tertiary/aromatic N) is 3. The van der Waals surface area contributed by atoms with Crippen LogP contribution in [-0.4, -0.2) is 38.2 Å². The molecule has 1 aliphatic heterocycles. The molecule has 9 heteroatoms. The van der Waals surface area contributed by atoms with E-state index in [1.54, 1.807) is 37.6 Å². The van der Waals surface area contributed by atoms with Gasteiger partial charge in [0.05, 0.1) is 35.2 Å². The minimum absolute atomic E-state index is 0.192. The van der Waals surface area contributed by atoms with Gasteiger partial charge in [-0.3, -0.25) is 9.55 Å². The number of esters is 1. The van der Waals surface area contributed by atoms with E-state index in [0.29, 0.717) is 29.8 Å². The number of thiophene rings is 1. The number of ether oxygens (including phenoxy) is 1. The van der Waals surface area contributed by atoms with Crippen molar-refractivity contribution in [1.82, 2.24) is 19.9 Å². The predicted octanol–water partition coefficient (Wildman–Crippen LogP) is 5.28. The van der Waals surface area contributed by atoms with E-state index in [0.717, 1.165) is 33.7 Å². The van der Waals surface area contributed by atoms with Gasteiger partial charge in [0, 0.05) is 23.5 Å². The highest BCUT2D eigenvalue weighted by molar-refractivity contribution is 7.07. The number of aryl methyl sites for hydroxylation is 2. The number of pyridine rings is 1. The van der Waals surface area contributed by atoms with Gasteiger partial charge in [0.2, 0.25) is 0 Å². The lowest BCUT2D eigenvalue weighted by Gasteiger charge is -2.30. The van der Waals surface area contributed by atoms with Crippen molar-refractivity contribution in [1.29, 1.82) is 0 Å². The molecule has 194 valence electrons. The van der Waals surface area contributed by atoms with Crippen LogP contribution < -0.4 is 5.32 Å². The molecule has 0 fully saturated rings. The number of carboxylic acid groups (broad SMARTS) is 1. The minimum atomic E-state index is -1.04. The fourth-order valence-electron chi connectivity index (χ4n) is 5.08. The maximum Gasteiger partial charge on any atom is 0.336 e. The Morgan fingerprint density at radius 2 is 1.92 bits per heavy atom. The van der Waals surface area contributed by atoms with Gasteiger partial charge >= 0.3 is 11.9 Å². The number of benzene rings is 1. The van der Waals surface area contributed by atoms with E-state index in [2.05, 4.69) is 15.3 Å². The predicted molar refractivity (Wildman–Crippen MR) is 147 cm³/mol. The van der Waals surface area contributed by atoms with E-state index >= 15 is 0 Å². The van der Waals surface area contributed by atoms with E-state index in [1.807, 2.05) is 58.6 Å². The maximum atomic E-state index is 13.3. The summed E-state index contributed by atoms with van der Waals surface area (Å²) in [6, 6.07) is 11.7. The second kappa shape index (κ2) is 10.6. The number of carbonyl (C=O) groups is 2. The number of nitrogens with one attached hydrogen (secondary N) is 1. The number of aromatic nitrogens is 3. The van der Waals surface area contributed by atoms with Crippen molar-refractivity contribution in [2.24, 2.45) is 5.92 Å². The van der Waals surface area contributed by atoms with E-state index < -0.39 is 17.9 Å². The lowest BCUT2D eigenvalue weighted by molar-refractivity contribution is -0.139. The van der Waals surface area contributed by atoms with Crippen LogP contribution in [0.1, 0.15) is 37.2 Å². The molecule has 0 saturated heterocycles. The second-order valence-corrected chi connectivity index (χ2v) is 9.89. The lowest BCUT2D eigenvalue weighted by Crippen LogP contribution is -2.33. The summed E-state index contributed by atoms with van der Waals surface area (Å²) in [5.74, 6) is -1.33. The zero-order valence-electron chi connectivity index (χ0n) is 21.4. The fraction of sp³-hybridized carbons (Fsp3) is 0.241. The molecule has 0 spiro atoms. The molecule has 1 unspecified atom stereocenters. The first kappa shape index (κ1) is 25.4. The Balaban J connectivity index is 1.58. The van der Waals surface area contributed by atoms with Crippen LogP contribution >= 0.6 is 11.3 Å². The Morgan fingerprint density at radius 1 is 1.13 bits per heavy atom. The topological polar surface area (TPSA) is 106 Å². The Labute approximate surface area is 224 Å². The minimum Gasteiger partial charge on any atom is -0.478 e. The Bertz CT molecular complexity index is 1570. The number of aliphatic carboxylic acids is 1. The molecular formula is C29H28N4O4S. The van der Waals surface area contributed by atoms with Crippen LogP contribution in [0.5, 0.6) is 0 Å². The Kier molecular flexibility index (Phi) is 7.11. The third-order valence-electron chi connectivity index (χ3n) is 6.75. The molecular weight excluding hydrogens is 500 g/mol. The van der Waals surface area contributed by atoms with Crippen molar-refractivity contribution >= 4 is 40.0 Å². The maximum absolute atomic E-state index is 13.3. The third kappa shape index (κ3) is 4.72. The molecule has 0 radical (unpaired) electrons. The van der Waals surface area contributed by atoms with E-state index in [9.17, 15) is 14.7 Å². The molecule has 8 nitrogen and oxygen atoms in total. The Morgan fingerprint density at radius 3 is 2.61 bits per heavy atom. The quantitative estimate of drug-likeness (QED) is 0.300. The van der Waals surface area contributed by atoms with Crippen LogP contribution in [0, 0.1) is 12.8 Å². The number of dihydropyridines is 1. The van der Waals surface area contributed by atoms with Gasteiger partial charge in [0.1, 0.15) is 11.3 Å². The van der Waals surface area contributed by atoms with Crippen LogP contribution in [0.2, 0.25) is 0 Å². The normalized spacial score (nSPS) is 15.6. The van der Waals surface area contributed by atoms with E-state index in [1.165, 1.54) is 0 Å². The molecule has 4 aromatic rings. The number of imidazole rings is 1. The molecule has 1 atom stereocenters. The van der Waals surface area contributed by atoms with Crippen molar-refractivity contribution in [2.75, 3.05) is 6.61 Å². The van der Waals surface area contributed by atoms with Crippen LogP contribution in [0.15, 0.2) is 76.4 Å². The first-order chi connectivity index (χ1) is 18.4. The van der Waals surface area contributed by atoms with Crippen molar-refractivity contribution in [3.05, 3.63) is 93.3 Å². The van der Waals surface area contributed by atoms with Crippen molar-refractivity contribution in [3.8, 4) is 5.69 Å². The number of allylic oxidation sites excluding steroid dienone is 1. The first-order valence-electron chi connectivity index (χ1n) is 12.4. The van der Waals surface area contributed by atoms with Gasteiger partial charge in [-0.2, -0.15) is 11.3 Å². The zero-order valence-corrected chi connectivity index (χ0v) is 22.2.